The van der Waals surface area contributed by atoms with Crippen LogP contribution in [0.4, 0.5) is 0 Å². The molecule has 0 aromatic carbocycles. The summed E-state index contributed by atoms with van der Waals surface area (Å²) in [4.78, 5) is 15.4. The zero-order chi connectivity index (χ0) is 13.8. The molecular weight excluding hydrogens is 262 g/mol. The number of hydrogen-bond donors (Lipinski definition) is 2. The molecule has 0 aromatic rings. The van der Waals surface area contributed by atoms with Crippen LogP contribution < -0.4 is 0 Å². The van der Waals surface area contributed by atoms with Crippen LogP contribution in [0.15, 0.2) is 11.1 Å². The molecule has 0 bridgehead atoms. The van der Waals surface area contributed by atoms with Gasteiger partial charge in [-0.05, 0) is 25.7 Å². The van der Waals surface area contributed by atoms with E-state index in [1.54, 1.807) is 11.1 Å². The molecule has 5 nitrogen and oxygen atoms in total. The average Bonchev–Trinajstić information content (AvgIpc) is 2.24. The molecule has 0 aliphatic rings. The van der Waals surface area contributed by atoms with Crippen LogP contribution >= 0.6 is 16.5 Å². The molecule has 104 valence electrons. The van der Waals surface area contributed by atoms with Crippen LogP contribution in [0.5, 0.6) is 0 Å². The lowest BCUT2D eigenvalue weighted by molar-refractivity contribution is 0.371. The second kappa shape index (κ2) is 12.5. The van der Waals surface area contributed by atoms with E-state index in [9.17, 15) is 9.13 Å². The maximum Gasteiger partial charge on any atom is 0.323 e. The van der Waals surface area contributed by atoms with Gasteiger partial charge in [0.2, 0.25) is 0 Å². The average molecular weight is 286 g/mol. The first-order valence-corrected chi connectivity index (χ1v) is 8.28. The molecule has 0 fully saturated rings. The molecule has 0 aliphatic heterocycles. The standard InChI is InChI=1S/C10H20.H4O5P2/c1-5-9(6-2)10(7-3)8-4;1-6(2)5-7(3)4/h5-8H2,1-4H3;6-7H,(H,1,2)(H,3,4). The molecule has 0 heterocycles. The fourth-order valence-corrected chi connectivity index (χ4v) is 2.17. The molecule has 0 saturated heterocycles. The Morgan fingerprint density at radius 2 is 1.06 bits per heavy atom. The van der Waals surface area contributed by atoms with Crippen molar-refractivity contribution >= 4 is 16.5 Å². The summed E-state index contributed by atoms with van der Waals surface area (Å²) >= 11 is 0. The molecule has 0 radical (unpaired) electrons. The first-order chi connectivity index (χ1) is 7.92. The Labute approximate surface area is 105 Å². The monoisotopic (exact) mass is 286 g/mol. The lowest BCUT2D eigenvalue weighted by Crippen LogP contribution is -1.87. The second-order valence-electron chi connectivity index (χ2n) is 3.26. The predicted octanol–water partition coefficient (Wildman–Crippen LogP) is 3.69. The molecule has 2 N–H and O–H groups in total. The summed E-state index contributed by atoms with van der Waals surface area (Å²) in [5, 5.41) is 0. The maximum atomic E-state index is 9.44. The summed E-state index contributed by atoms with van der Waals surface area (Å²) in [6.07, 6.45) is 4.97. The zero-order valence-corrected chi connectivity index (χ0v) is 12.9. The lowest BCUT2D eigenvalue weighted by atomic mass is 9.99. The van der Waals surface area contributed by atoms with Crippen LogP contribution in [0, 0.1) is 0 Å². The van der Waals surface area contributed by atoms with Crippen LogP contribution in [0.2, 0.25) is 0 Å². The van der Waals surface area contributed by atoms with Gasteiger partial charge in [-0.15, -0.1) is 0 Å². The van der Waals surface area contributed by atoms with Crippen molar-refractivity contribution in [2.24, 2.45) is 0 Å². The van der Waals surface area contributed by atoms with Crippen LogP contribution in [0.1, 0.15) is 53.4 Å². The summed E-state index contributed by atoms with van der Waals surface area (Å²) in [5.41, 5.74) is 3.34. The summed E-state index contributed by atoms with van der Waals surface area (Å²) in [6.45, 7) is 9.02. The fourth-order valence-electron chi connectivity index (χ4n) is 1.57. The molecular formula is C10H24O5P2. The molecule has 0 aromatic heterocycles. The van der Waals surface area contributed by atoms with Gasteiger partial charge in [0.25, 0.3) is 0 Å². The summed E-state index contributed by atoms with van der Waals surface area (Å²) in [6, 6.07) is 0. The Hall–Kier alpha value is 0.0800. The van der Waals surface area contributed by atoms with Crippen molar-refractivity contribution in [2.45, 2.75) is 53.4 Å². The minimum atomic E-state index is -3.20. The van der Waals surface area contributed by atoms with Crippen LogP contribution in [-0.2, 0) is 13.4 Å². The van der Waals surface area contributed by atoms with Gasteiger partial charge in [0, 0.05) is 0 Å². The van der Waals surface area contributed by atoms with E-state index in [-0.39, 0.29) is 0 Å². The van der Waals surface area contributed by atoms with E-state index in [0.717, 1.165) is 0 Å². The van der Waals surface area contributed by atoms with Crippen molar-refractivity contribution in [1.29, 1.82) is 0 Å². The minimum Gasteiger partial charge on any atom is -0.326 e. The van der Waals surface area contributed by atoms with Crippen molar-refractivity contribution in [3.05, 3.63) is 11.1 Å². The maximum absolute atomic E-state index is 9.44. The zero-order valence-electron chi connectivity index (χ0n) is 10.9. The van der Waals surface area contributed by atoms with Crippen molar-refractivity contribution < 1.29 is 23.2 Å². The topological polar surface area (TPSA) is 83.8 Å². The van der Waals surface area contributed by atoms with E-state index in [1.165, 1.54) is 25.7 Å². The Morgan fingerprint density at radius 3 is 1.12 bits per heavy atom. The van der Waals surface area contributed by atoms with Crippen molar-refractivity contribution in [2.75, 3.05) is 0 Å². The van der Waals surface area contributed by atoms with Gasteiger partial charge in [-0.1, -0.05) is 38.8 Å². The van der Waals surface area contributed by atoms with Crippen LogP contribution in [-0.4, -0.2) is 9.79 Å². The SMILES string of the molecule is CCC(CC)=C(CC)CC.O=[PH](O)O[PH](=O)O. The van der Waals surface area contributed by atoms with Gasteiger partial charge >= 0.3 is 16.5 Å². The van der Waals surface area contributed by atoms with E-state index in [4.69, 9.17) is 9.79 Å². The quantitative estimate of drug-likeness (QED) is 0.574. The first kappa shape index (κ1) is 19.4. The molecule has 0 aliphatic carbocycles. The van der Waals surface area contributed by atoms with Crippen LogP contribution in [0.3, 0.4) is 0 Å². The van der Waals surface area contributed by atoms with Gasteiger partial charge in [-0.25, -0.2) is 4.31 Å². The van der Waals surface area contributed by atoms with Crippen molar-refractivity contribution in [3.63, 3.8) is 0 Å². The Kier molecular flexibility index (Phi) is 14.3. The van der Waals surface area contributed by atoms with E-state index in [2.05, 4.69) is 32.0 Å². The molecule has 2 atom stereocenters. The Morgan fingerprint density at radius 1 is 0.824 bits per heavy atom. The Balaban J connectivity index is 0. The highest BCUT2D eigenvalue weighted by atomic mass is 31.2. The van der Waals surface area contributed by atoms with Crippen LogP contribution in [0.25, 0.3) is 0 Å². The van der Waals surface area contributed by atoms with Gasteiger partial charge in [0.1, 0.15) is 0 Å². The van der Waals surface area contributed by atoms with Gasteiger partial charge in [0.15, 0.2) is 0 Å². The molecule has 0 spiro atoms. The third kappa shape index (κ3) is 12.3. The number of hydrogen-bond acceptors (Lipinski definition) is 3. The molecule has 0 rings (SSSR count). The lowest BCUT2D eigenvalue weighted by Gasteiger charge is -2.07. The molecule has 17 heavy (non-hydrogen) atoms. The largest absolute Gasteiger partial charge is 0.326 e. The molecule has 0 saturated carbocycles. The molecule has 2 unspecified atom stereocenters. The van der Waals surface area contributed by atoms with Crippen molar-refractivity contribution in [3.8, 4) is 0 Å². The summed E-state index contributed by atoms with van der Waals surface area (Å²) in [5.74, 6) is 0. The number of allylic oxidation sites excluding steroid dienone is 2. The van der Waals surface area contributed by atoms with Gasteiger partial charge < -0.3 is 9.79 Å². The highest BCUT2D eigenvalue weighted by Crippen LogP contribution is 2.30. The van der Waals surface area contributed by atoms with Crippen molar-refractivity contribution in [1.82, 2.24) is 0 Å². The highest BCUT2D eigenvalue weighted by Gasteiger charge is 1.97. The van der Waals surface area contributed by atoms with Gasteiger partial charge in [-0.2, -0.15) is 0 Å². The first-order valence-electron chi connectivity index (χ1n) is 5.76. The van der Waals surface area contributed by atoms with E-state index in [1.807, 2.05) is 0 Å². The third-order valence-electron chi connectivity index (χ3n) is 2.38. The fraction of sp³-hybridized carbons (Fsp3) is 0.800. The highest BCUT2D eigenvalue weighted by molar-refractivity contribution is 7.46. The molecule has 7 heteroatoms. The second-order valence-corrected chi connectivity index (χ2v) is 5.14. The van der Waals surface area contributed by atoms with Gasteiger partial charge in [0.05, 0.1) is 0 Å². The van der Waals surface area contributed by atoms with E-state index < -0.39 is 16.5 Å². The summed E-state index contributed by atoms with van der Waals surface area (Å²) < 4.78 is 22.3. The predicted molar refractivity (Wildman–Crippen MR) is 71.7 cm³/mol. The third-order valence-corrected chi connectivity index (χ3v) is 3.78. The normalized spacial score (nSPS) is 13.3. The van der Waals surface area contributed by atoms with Gasteiger partial charge in [-0.3, -0.25) is 9.13 Å². The summed E-state index contributed by atoms with van der Waals surface area (Å²) in [7, 11) is -6.40. The van der Waals surface area contributed by atoms with E-state index in [0.29, 0.717) is 0 Å². The molecule has 0 amide bonds. The van der Waals surface area contributed by atoms with E-state index >= 15 is 0 Å². The smallest absolute Gasteiger partial charge is 0.323 e. The number of rotatable bonds is 6. The minimum absolute atomic E-state index is 1.24. The Bertz CT molecular complexity index is 238.